The van der Waals surface area contributed by atoms with Gasteiger partial charge in [0, 0.05) is 13.1 Å². The molecule has 1 saturated heterocycles. The molecule has 2 atom stereocenters. The lowest BCUT2D eigenvalue weighted by molar-refractivity contribution is -0.0810. The summed E-state index contributed by atoms with van der Waals surface area (Å²) in [5, 5.41) is 0. The number of rotatable bonds is 6. The molecule has 156 valence electrons. The predicted molar refractivity (Wildman–Crippen MR) is 116 cm³/mol. The van der Waals surface area contributed by atoms with Gasteiger partial charge in [0.2, 0.25) is 10.0 Å². The maximum absolute atomic E-state index is 13.3. The lowest BCUT2D eigenvalue weighted by atomic mass is 10.1. The van der Waals surface area contributed by atoms with Crippen LogP contribution in [0.15, 0.2) is 89.8 Å². The van der Waals surface area contributed by atoms with Crippen LogP contribution in [0.3, 0.4) is 0 Å². The van der Waals surface area contributed by atoms with Crippen LogP contribution in [0.2, 0.25) is 0 Å². The topological polar surface area (TPSA) is 55.8 Å². The zero-order valence-corrected chi connectivity index (χ0v) is 17.7. The second-order valence-electron chi connectivity index (χ2n) is 7.42. The number of nitrogens with zero attached hydrogens (tertiary/aromatic N) is 1. The molecule has 0 amide bonds. The summed E-state index contributed by atoms with van der Waals surface area (Å²) in [4.78, 5) is 0.296. The highest BCUT2D eigenvalue weighted by atomic mass is 32.2. The van der Waals surface area contributed by atoms with Gasteiger partial charge in [0.15, 0.2) is 0 Å². The van der Waals surface area contributed by atoms with Gasteiger partial charge < -0.3 is 9.47 Å². The van der Waals surface area contributed by atoms with E-state index in [-0.39, 0.29) is 31.9 Å². The minimum absolute atomic E-state index is 0.242. The molecule has 1 fully saturated rings. The number of ether oxygens (including phenoxy) is 2. The Bertz CT molecular complexity index is 1050. The Morgan fingerprint density at radius 3 is 2.20 bits per heavy atom. The Kier molecular flexibility index (Phi) is 6.18. The van der Waals surface area contributed by atoms with E-state index in [1.165, 1.54) is 4.31 Å². The fraction of sp³-hybridized carbons (Fsp3) is 0.250. The normalized spacial score (nSPS) is 20.0. The molecule has 3 aromatic carbocycles. The molecule has 6 heteroatoms. The second kappa shape index (κ2) is 9.00. The van der Waals surface area contributed by atoms with Crippen LogP contribution < -0.4 is 4.74 Å². The maximum Gasteiger partial charge on any atom is 0.243 e. The van der Waals surface area contributed by atoms with Crippen LogP contribution in [0.1, 0.15) is 17.2 Å². The van der Waals surface area contributed by atoms with Gasteiger partial charge in [-0.3, -0.25) is 0 Å². The number of morpholine rings is 1. The summed E-state index contributed by atoms with van der Waals surface area (Å²) in [6, 6.07) is 26.1. The largest absolute Gasteiger partial charge is 0.491 e. The molecule has 0 aliphatic carbocycles. The van der Waals surface area contributed by atoms with Gasteiger partial charge in [-0.25, -0.2) is 8.42 Å². The number of benzene rings is 3. The van der Waals surface area contributed by atoms with Gasteiger partial charge in [0.25, 0.3) is 0 Å². The van der Waals surface area contributed by atoms with Crippen LogP contribution in [0.5, 0.6) is 5.75 Å². The first-order chi connectivity index (χ1) is 14.5. The number of para-hydroxylation sites is 1. The van der Waals surface area contributed by atoms with E-state index in [0.717, 1.165) is 16.9 Å². The Balaban J connectivity index is 1.58. The lowest BCUT2D eigenvalue weighted by Gasteiger charge is -2.37. The molecule has 3 aromatic rings. The molecule has 0 spiro atoms. The third kappa shape index (κ3) is 4.73. The van der Waals surface area contributed by atoms with E-state index in [4.69, 9.17) is 9.47 Å². The van der Waals surface area contributed by atoms with Gasteiger partial charge in [-0.1, -0.05) is 66.2 Å². The fourth-order valence-electron chi connectivity index (χ4n) is 3.51. The number of hydrogen-bond acceptors (Lipinski definition) is 4. The molecule has 0 bridgehead atoms. The Hall–Kier alpha value is -2.67. The van der Waals surface area contributed by atoms with Crippen molar-refractivity contribution in [3.8, 4) is 5.75 Å². The average molecular weight is 424 g/mol. The quantitative estimate of drug-likeness (QED) is 0.596. The van der Waals surface area contributed by atoms with Gasteiger partial charge in [0.05, 0.1) is 11.0 Å². The van der Waals surface area contributed by atoms with Crippen LogP contribution in [0.4, 0.5) is 0 Å². The Morgan fingerprint density at radius 2 is 1.53 bits per heavy atom. The van der Waals surface area contributed by atoms with Gasteiger partial charge in [-0.2, -0.15) is 4.31 Å². The summed E-state index contributed by atoms with van der Waals surface area (Å²) in [6.07, 6.45) is -0.742. The molecule has 30 heavy (non-hydrogen) atoms. The van der Waals surface area contributed by atoms with E-state index in [1.807, 2.05) is 79.7 Å². The first kappa shape index (κ1) is 20.6. The zero-order valence-electron chi connectivity index (χ0n) is 16.8. The number of aryl methyl sites for hydroxylation is 1. The van der Waals surface area contributed by atoms with E-state index >= 15 is 0 Å². The van der Waals surface area contributed by atoms with Crippen molar-refractivity contribution >= 4 is 10.0 Å². The minimum atomic E-state index is -3.64. The zero-order chi connectivity index (χ0) is 21.0. The standard InChI is InChI=1S/C24H25NO4S/c1-19-12-14-23(15-13-19)30(26,27)25-16-22(18-28-21-10-6-3-7-11-21)29-24(17-25)20-8-4-2-5-9-20/h2-15,22,24H,16-18H2,1H3/t22-,24+/m1/s1. The second-order valence-corrected chi connectivity index (χ2v) is 9.35. The van der Waals surface area contributed by atoms with E-state index in [0.29, 0.717) is 4.90 Å². The third-order valence-corrected chi connectivity index (χ3v) is 6.99. The first-order valence-electron chi connectivity index (χ1n) is 9.97. The molecule has 4 rings (SSSR count). The molecule has 0 radical (unpaired) electrons. The van der Waals surface area contributed by atoms with E-state index < -0.39 is 10.0 Å². The van der Waals surface area contributed by atoms with Crippen molar-refractivity contribution in [1.82, 2.24) is 4.31 Å². The molecule has 5 nitrogen and oxygen atoms in total. The van der Waals surface area contributed by atoms with Crippen molar-refractivity contribution < 1.29 is 17.9 Å². The minimum Gasteiger partial charge on any atom is -0.491 e. The van der Waals surface area contributed by atoms with Crippen molar-refractivity contribution in [2.45, 2.75) is 24.0 Å². The average Bonchev–Trinajstić information content (AvgIpc) is 2.79. The fourth-order valence-corrected chi connectivity index (χ4v) is 4.98. The highest BCUT2D eigenvalue weighted by Crippen LogP contribution is 2.29. The maximum atomic E-state index is 13.3. The van der Waals surface area contributed by atoms with Crippen molar-refractivity contribution in [3.05, 3.63) is 96.1 Å². The van der Waals surface area contributed by atoms with Crippen LogP contribution in [-0.2, 0) is 14.8 Å². The van der Waals surface area contributed by atoms with Gasteiger partial charge in [-0.05, 0) is 36.8 Å². The van der Waals surface area contributed by atoms with Crippen molar-refractivity contribution in [3.63, 3.8) is 0 Å². The molecule has 0 unspecified atom stereocenters. The molecule has 0 N–H and O–H groups in total. The Morgan fingerprint density at radius 1 is 0.900 bits per heavy atom. The SMILES string of the molecule is Cc1ccc(S(=O)(=O)N2C[C@H](COc3ccccc3)O[C@H](c3ccccc3)C2)cc1. The summed E-state index contributed by atoms with van der Waals surface area (Å²) in [5.41, 5.74) is 1.97. The highest BCUT2D eigenvalue weighted by molar-refractivity contribution is 7.89. The van der Waals surface area contributed by atoms with Crippen molar-refractivity contribution in [2.24, 2.45) is 0 Å². The number of sulfonamides is 1. The Labute approximate surface area is 177 Å². The molecule has 0 saturated carbocycles. The van der Waals surface area contributed by atoms with E-state index in [1.54, 1.807) is 12.1 Å². The first-order valence-corrected chi connectivity index (χ1v) is 11.4. The van der Waals surface area contributed by atoms with Crippen LogP contribution >= 0.6 is 0 Å². The predicted octanol–water partition coefficient (Wildman–Crippen LogP) is 4.20. The summed E-state index contributed by atoms with van der Waals surface area (Å²) in [5.74, 6) is 0.732. The van der Waals surface area contributed by atoms with Crippen LogP contribution in [0.25, 0.3) is 0 Å². The third-order valence-electron chi connectivity index (χ3n) is 5.14. The van der Waals surface area contributed by atoms with Crippen LogP contribution in [0, 0.1) is 6.92 Å². The van der Waals surface area contributed by atoms with Gasteiger partial charge >= 0.3 is 0 Å². The molecule has 1 aliphatic heterocycles. The van der Waals surface area contributed by atoms with Gasteiger partial charge in [-0.15, -0.1) is 0 Å². The van der Waals surface area contributed by atoms with E-state index in [2.05, 4.69) is 0 Å². The van der Waals surface area contributed by atoms with Crippen molar-refractivity contribution in [2.75, 3.05) is 19.7 Å². The molecule has 1 heterocycles. The van der Waals surface area contributed by atoms with Crippen LogP contribution in [-0.4, -0.2) is 38.5 Å². The molecular weight excluding hydrogens is 398 g/mol. The summed E-state index contributed by atoms with van der Waals surface area (Å²) in [6.45, 7) is 2.72. The lowest BCUT2D eigenvalue weighted by Crippen LogP contribution is -2.48. The van der Waals surface area contributed by atoms with Gasteiger partial charge in [0.1, 0.15) is 18.5 Å². The highest BCUT2D eigenvalue weighted by Gasteiger charge is 2.36. The summed E-state index contributed by atoms with van der Waals surface area (Å²) in [7, 11) is -3.64. The monoisotopic (exact) mass is 423 g/mol. The summed E-state index contributed by atoms with van der Waals surface area (Å²) >= 11 is 0. The molecular formula is C24H25NO4S. The molecule has 0 aromatic heterocycles. The van der Waals surface area contributed by atoms with Crippen molar-refractivity contribution in [1.29, 1.82) is 0 Å². The van der Waals surface area contributed by atoms with E-state index in [9.17, 15) is 8.42 Å². The summed E-state index contributed by atoms with van der Waals surface area (Å²) < 4.78 is 40.3. The smallest absolute Gasteiger partial charge is 0.243 e. The molecule has 1 aliphatic rings. The number of hydrogen-bond donors (Lipinski definition) is 0.